The van der Waals surface area contributed by atoms with Crippen molar-refractivity contribution in [3.05, 3.63) is 42.7 Å². The van der Waals surface area contributed by atoms with E-state index >= 15 is 0 Å². The Morgan fingerprint density at radius 3 is 2.75 bits per heavy atom. The van der Waals surface area contributed by atoms with Gasteiger partial charge in [-0.2, -0.15) is 0 Å². The van der Waals surface area contributed by atoms with Crippen molar-refractivity contribution in [3.63, 3.8) is 0 Å². The molecular formula is C16H13N3O. The number of nitrogens with zero attached hydrogens (tertiary/aromatic N) is 3. The van der Waals surface area contributed by atoms with Crippen LogP contribution in [0.1, 0.15) is 0 Å². The molecule has 0 aliphatic rings. The summed E-state index contributed by atoms with van der Waals surface area (Å²) in [4.78, 5) is 8.75. The summed E-state index contributed by atoms with van der Waals surface area (Å²) < 4.78 is 7.39. The van der Waals surface area contributed by atoms with Crippen molar-refractivity contribution in [1.82, 2.24) is 14.5 Å². The zero-order chi connectivity index (χ0) is 13.9. The zero-order valence-electron chi connectivity index (χ0n) is 11.1. The second-order valence-electron chi connectivity index (χ2n) is 4.38. The van der Waals surface area contributed by atoms with Gasteiger partial charge in [0.05, 0.1) is 17.2 Å². The number of ether oxygens (including phenoxy) is 1. The second-order valence-corrected chi connectivity index (χ2v) is 4.38. The lowest BCUT2D eigenvalue weighted by atomic mass is 10.2. The van der Waals surface area contributed by atoms with E-state index in [-0.39, 0.29) is 6.61 Å². The molecule has 0 spiro atoms. The van der Waals surface area contributed by atoms with Gasteiger partial charge in [0.25, 0.3) is 0 Å². The summed E-state index contributed by atoms with van der Waals surface area (Å²) in [5.41, 5.74) is 2.97. The molecule has 0 saturated carbocycles. The van der Waals surface area contributed by atoms with Gasteiger partial charge in [0, 0.05) is 18.8 Å². The molecule has 0 atom stereocenters. The first-order valence-electron chi connectivity index (χ1n) is 6.23. The maximum atomic E-state index is 5.36. The van der Waals surface area contributed by atoms with Crippen molar-refractivity contribution >= 4 is 11.0 Å². The van der Waals surface area contributed by atoms with Crippen molar-refractivity contribution in [2.24, 2.45) is 7.05 Å². The third kappa shape index (κ3) is 2.10. The number of aryl methyl sites for hydroxylation is 1. The number of fused-ring (bicyclic) bond motifs is 1. The summed E-state index contributed by atoms with van der Waals surface area (Å²) in [6, 6.07) is 9.64. The largest absolute Gasteiger partial charge is 0.481 e. The summed E-state index contributed by atoms with van der Waals surface area (Å²) in [5, 5.41) is 0. The van der Waals surface area contributed by atoms with Gasteiger partial charge < -0.3 is 9.30 Å². The monoisotopic (exact) mass is 263 g/mol. The predicted molar refractivity (Wildman–Crippen MR) is 78.3 cm³/mol. The third-order valence-corrected chi connectivity index (χ3v) is 3.12. The van der Waals surface area contributed by atoms with Crippen LogP contribution in [0.4, 0.5) is 0 Å². The van der Waals surface area contributed by atoms with E-state index in [2.05, 4.69) is 15.9 Å². The molecule has 1 aromatic carbocycles. The first-order valence-corrected chi connectivity index (χ1v) is 6.23. The van der Waals surface area contributed by atoms with E-state index in [1.165, 1.54) is 0 Å². The van der Waals surface area contributed by atoms with E-state index in [9.17, 15) is 0 Å². The Balaban J connectivity index is 1.99. The minimum atomic E-state index is 0.275. The topological polar surface area (TPSA) is 39.9 Å². The SMILES string of the molecule is C#CCOc1ccc(-c2nc3ccncc3n2C)cc1. The predicted octanol–water partition coefficient (Wildman–Crippen LogP) is 2.65. The molecule has 20 heavy (non-hydrogen) atoms. The van der Waals surface area contributed by atoms with E-state index in [0.717, 1.165) is 28.2 Å². The Morgan fingerprint density at radius 2 is 2.05 bits per heavy atom. The van der Waals surface area contributed by atoms with E-state index in [0.29, 0.717) is 0 Å². The van der Waals surface area contributed by atoms with Crippen LogP contribution in [0, 0.1) is 12.3 Å². The first kappa shape index (κ1) is 12.2. The zero-order valence-corrected chi connectivity index (χ0v) is 11.1. The van der Waals surface area contributed by atoms with Crippen LogP contribution in [0.3, 0.4) is 0 Å². The summed E-state index contributed by atoms with van der Waals surface area (Å²) in [5.74, 6) is 4.10. The van der Waals surface area contributed by atoms with E-state index in [4.69, 9.17) is 11.2 Å². The van der Waals surface area contributed by atoms with Crippen LogP contribution in [-0.4, -0.2) is 21.1 Å². The summed E-state index contributed by atoms with van der Waals surface area (Å²) in [6.45, 7) is 0.275. The van der Waals surface area contributed by atoms with Crippen molar-refractivity contribution < 1.29 is 4.74 Å². The second kappa shape index (κ2) is 5.06. The van der Waals surface area contributed by atoms with Crippen LogP contribution in [0.2, 0.25) is 0 Å². The number of hydrogen-bond acceptors (Lipinski definition) is 3. The number of benzene rings is 1. The van der Waals surface area contributed by atoms with Gasteiger partial charge >= 0.3 is 0 Å². The molecule has 3 rings (SSSR count). The molecule has 0 amide bonds. The maximum Gasteiger partial charge on any atom is 0.148 e. The Bertz CT molecular complexity index is 782. The van der Waals surface area contributed by atoms with E-state index in [1.54, 1.807) is 6.20 Å². The number of aromatic nitrogens is 3. The highest BCUT2D eigenvalue weighted by atomic mass is 16.5. The molecule has 0 aliphatic carbocycles. The van der Waals surface area contributed by atoms with E-state index < -0.39 is 0 Å². The highest BCUT2D eigenvalue weighted by molar-refractivity contribution is 5.79. The van der Waals surface area contributed by atoms with Crippen molar-refractivity contribution in [2.45, 2.75) is 0 Å². The lowest BCUT2D eigenvalue weighted by Gasteiger charge is -2.05. The fraction of sp³-hybridized carbons (Fsp3) is 0.125. The van der Waals surface area contributed by atoms with Crippen LogP contribution in [0.5, 0.6) is 5.75 Å². The molecule has 0 fully saturated rings. The van der Waals surface area contributed by atoms with Crippen LogP contribution < -0.4 is 4.74 Å². The average Bonchev–Trinajstić information content (AvgIpc) is 2.83. The quantitative estimate of drug-likeness (QED) is 0.682. The van der Waals surface area contributed by atoms with Gasteiger partial charge in [-0.3, -0.25) is 4.98 Å². The summed E-state index contributed by atoms with van der Waals surface area (Å²) >= 11 is 0. The van der Waals surface area contributed by atoms with Gasteiger partial charge in [0.15, 0.2) is 0 Å². The lowest BCUT2D eigenvalue weighted by Crippen LogP contribution is -1.95. The van der Waals surface area contributed by atoms with Gasteiger partial charge in [-0.15, -0.1) is 6.42 Å². The molecule has 0 N–H and O–H groups in total. The van der Waals surface area contributed by atoms with Gasteiger partial charge in [0.2, 0.25) is 0 Å². The summed E-state index contributed by atoms with van der Waals surface area (Å²) in [6.07, 6.45) is 8.73. The lowest BCUT2D eigenvalue weighted by molar-refractivity contribution is 0.370. The Kier molecular flexibility index (Phi) is 3.10. The number of pyridine rings is 1. The number of rotatable bonds is 3. The van der Waals surface area contributed by atoms with Crippen LogP contribution in [0.25, 0.3) is 22.4 Å². The average molecular weight is 263 g/mol. The number of hydrogen-bond donors (Lipinski definition) is 0. The minimum absolute atomic E-state index is 0.275. The molecule has 2 heterocycles. The Labute approximate surface area is 117 Å². The highest BCUT2D eigenvalue weighted by Gasteiger charge is 2.09. The van der Waals surface area contributed by atoms with Gasteiger partial charge in [-0.25, -0.2) is 4.98 Å². The molecule has 2 aromatic heterocycles. The van der Waals surface area contributed by atoms with Crippen LogP contribution in [-0.2, 0) is 7.05 Å². The highest BCUT2D eigenvalue weighted by Crippen LogP contribution is 2.24. The number of imidazole rings is 1. The molecule has 3 aromatic rings. The molecular weight excluding hydrogens is 250 g/mol. The Morgan fingerprint density at radius 1 is 1.25 bits per heavy atom. The van der Waals surface area contributed by atoms with Crippen molar-refractivity contribution in [1.29, 1.82) is 0 Å². The molecule has 98 valence electrons. The van der Waals surface area contributed by atoms with E-state index in [1.807, 2.05) is 48.1 Å². The van der Waals surface area contributed by atoms with Crippen LogP contribution in [0.15, 0.2) is 42.7 Å². The van der Waals surface area contributed by atoms with Gasteiger partial charge in [-0.05, 0) is 30.3 Å². The molecule has 0 aliphatic heterocycles. The minimum Gasteiger partial charge on any atom is -0.481 e. The fourth-order valence-corrected chi connectivity index (χ4v) is 2.12. The third-order valence-electron chi connectivity index (χ3n) is 3.12. The fourth-order valence-electron chi connectivity index (χ4n) is 2.12. The molecule has 4 nitrogen and oxygen atoms in total. The molecule has 4 heteroatoms. The normalized spacial score (nSPS) is 10.4. The Hall–Kier alpha value is -2.80. The molecule has 0 unspecified atom stereocenters. The standard InChI is InChI=1S/C16H13N3O/c1-3-10-20-13-6-4-12(5-7-13)16-18-14-8-9-17-11-15(14)19(16)2/h1,4-9,11H,10H2,2H3. The summed E-state index contributed by atoms with van der Waals surface area (Å²) in [7, 11) is 1.98. The maximum absolute atomic E-state index is 5.36. The smallest absolute Gasteiger partial charge is 0.148 e. The van der Waals surface area contributed by atoms with Crippen LogP contribution >= 0.6 is 0 Å². The van der Waals surface area contributed by atoms with Gasteiger partial charge in [-0.1, -0.05) is 5.92 Å². The molecule has 0 saturated heterocycles. The molecule has 0 radical (unpaired) electrons. The first-order chi connectivity index (χ1) is 9.79. The van der Waals surface area contributed by atoms with Crippen molar-refractivity contribution in [2.75, 3.05) is 6.61 Å². The van der Waals surface area contributed by atoms with Crippen molar-refractivity contribution in [3.8, 4) is 29.5 Å². The number of terminal acetylenes is 1. The van der Waals surface area contributed by atoms with Gasteiger partial charge in [0.1, 0.15) is 18.2 Å². The molecule has 0 bridgehead atoms.